The van der Waals surface area contributed by atoms with Gasteiger partial charge in [0.1, 0.15) is 19.0 Å². The molecule has 0 aromatic heterocycles. The Balaban J connectivity index is 2.06. The van der Waals surface area contributed by atoms with E-state index in [2.05, 4.69) is 13.0 Å². The number of carbonyl (C=O) groups is 1. The van der Waals surface area contributed by atoms with E-state index in [9.17, 15) is 4.79 Å². The Morgan fingerprint density at radius 1 is 1.08 bits per heavy atom. The van der Waals surface area contributed by atoms with Gasteiger partial charge in [-0.25, -0.2) is 4.79 Å². The van der Waals surface area contributed by atoms with Crippen LogP contribution in [-0.2, 0) is 4.79 Å². The summed E-state index contributed by atoms with van der Waals surface area (Å²) in [6.07, 6.45) is 2.55. The van der Waals surface area contributed by atoms with Crippen LogP contribution < -0.4 is 14.2 Å². The molecule has 0 aliphatic heterocycles. The van der Waals surface area contributed by atoms with E-state index >= 15 is 0 Å². The summed E-state index contributed by atoms with van der Waals surface area (Å²) in [5, 5.41) is 8.82. The zero-order valence-corrected chi connectivity index (χ0v) is 15.5. The van der Waals surface area contributed by atoms with Crippen LogP contribution in [0.25, 0.3) is 6.08 Å². The van der Waals surface area contributed by atoms with E-state index in [1.807, 2.05) is 19.9 Å². The maximum atomic E-state index is 10.8. The second-order valence-electron chi connectivity index (χ2n) is 5.95. The number of aryl methyl sites for hydroxylation is 2. The van der Waals surface area contributed by atoms with Crippen LogP contribution in [0.5, 0.6) is 17.2 Å². The topological polar surface area (TPSA) is 65.0 Å². The summed E-state index contributed by atoms with van der Waals surface area (Å²) >= 11 is 0. The molecule has 0 aliphatic carbocycles. The van der Waals surface area contributed by atoms with Crippen molar-refractivity contribution in [1.82, 2.24) is 0 Å². The minimum atomic E-state index is -1.02. The summed E-state index contributed by atoms with van der Waals surface area (Å²) in [5.41, 5.74) is 4.08. The molecule has 0 fully saturated rings. The minimum absolute atomic E-state index is 0.306. The van der Waals surface area contributed by atoms with E-state index in [4.69, 9.17) is 19.3 Å². The van der Waals surface area contributed by atoms with Gasteiger partial charge in [0.25, 0.3) is 0 Å². The lowest BCUT2D eigenvalue weighted by Crippen LogP contribution is -2.11. The Hall–Kier alpha value is -2.95. The predicted molar refractivity (Wildman–Crippen MR) is 101 cm³/mol. The average molecular weight is 356 g/mol. The summed E-state index contributed by atoms with van der Waals surface area (Å²) in [6, 6.07) is 9.44. The van der Waals surface area contributed by atoms with Gasteiger partial charge in [0.05, 0.1) is 7.11 Å². The van der Waals surface area contributed by atoms with Crippen molar-refractivity contribution in [3.8, 4) is 17.2 Å². The molecule has 1 N–H and O–H groups in total. The molecule has 138 valence electrons. The fraction of sp³-hybridized carbons (Fsp3) is 0.286. The number of rotatable bonds is 8. The molecule has 0 amide bonds. The molecule has 2 rings (SSSR count). The number of aliphatic carboxylic acids is 1. The SMILES string of the molecule is COc1cccc(C=CC(=O)O)c1OCCOc1cc(C)cc(C)c1C. The van der Waals surface area contributed by atoms with Crippen molar-refractivity contribution < 1.29 is 24.1 Å². The smallest absolute Gasteiger partial charge is 0.328 e. The Bertz CT molecular complexity index is 808. The number of hydrogen-bond acceptors (Lipinski definition) is 4. The van der Waals surface area contributed by atoms with Crippen molar-refractivity contribution in [1.29, 1.82) is 0 Å². The highest BCUT2D eigenvalue weighted by Crippen LogP contribution is 2.32. The molecule has 0 saturated carbocycles. The number of ether oxygens (including phenoxy) is 3. The third-order valence-corrected chi connectivity index (χ3v) is 3.99. The highest BCUT2D eigenvalue weighted by Gasteiger charge is 2.10. The number of methoxy groups -OCH3 is 1. The monoisotopic (exact) mass is 356 g/mol. The van der Waals surface area contributed by atoms with Crippen LogP contribution >= 0.6 is 0 Å². The standard InChI is InChI=1S/C21H24O5/c1-14-12-15(2)16(3)19(13-14)25-10-11-26-21-17(8-9-20(22)23)6-5-7-18(21)24-4/h5-9,12-13H,10-11H2,1-4H3,(H,22,23). The normalized spacial score (nSPS) is 10.8. The quantitative estimate of drug-likeness (QED) is 0.568. The third-order valence-electron chi connectivity index (χ3n) is 3.99. The van der Waals surface area contributed by atoms with Crippen molar-refractivity contribution in [2.75, 3.05) is 20.3 Å². The Kier molecular flexibility index (Phi) is 6.67. The fourth-order valence-corrected chi connectivity index (χ4v) is 2.59. The highest BCUT2D eigenvalue weighted by molar-refractivity contribution is 5.86. The first-order valence-corrected chi connectivity index (χ1v) is 8.34. The predicted octanol–water partition coefficient (Wildman–Crippen LogP) is 4.18. The van der Waals surface area contributed by atoms with Crippen LogP contribution in [0.3, 0.4) is 0 Å². The van der Waals surface area contributed by atoms with Crippen molar-refractivity contribution in [2.24, 2.45) is 0 Å². The zero-order valence-electron chi connectivity index (χ0n) is 15.5. The van der Waals surface area contributed by atoms with Gasteiger partial charge in [-0.05, 0) is 55.7 Å². The molecule has 26 heavy (non-hydrogen) atoms. The first kappa shape index (κ1) is 19.4. The molecule has 0 bridgehead atoms. The molecule has 5 heteroatoms. The third kappa shape index (κ3) is 5.02. The van der Waals surface area contributed by atoms with E-state index in [-0.39, 0.29) is 0 Å². The van der Waals surface area contributed by atoms with E-state index in [0.717, 1.165) is 23.0 Å². The number of para-hydroxylation sites is 1. The second-order valence-corrected chi connectivity index (χ2v) is 5.95. The zero-order chi connectivity index (χ0) is 19.1. The maximum absolute atomic E-state index is 10.8. The first-order valence-electron chi connectivity index (χ1n) is 8.34. The van der Waals surface area contributed by atoms with Gasteiger partial charge in [-0.15, -0.1) is 0 Å². The van der Waals surface area contributed by atoms with Crippen LogP contribution in [0.1, 0.15) is 22.3 Å². The van der Waals surface area contributed by atoms with Gasteiger partial charge < -0.3 is 19.3 Å². The van der Waals surface area contributed by atoms with Gasteiger partial charge in [0.2, 0.25) is 0 Å². The van der Waals surface area contributed by atoms with Gasteiger partial charge in [-0.2, -0.15) is 0 Å². The van der Waals surface area contributed by atoms with Gasteiger partial charge in [-0.1, -0.05) is 18.2 Å². The van der Waals surface area contributed by atoms with Crippen molar-refractivity contribution in [3.05, 3.63) is 58.7 Å². The number of benzene rings is 2. The van der Waals surface area contributed by atoms with Crippen molar-refractivity contribution in [2.45, 2.75) is 20.8 Å². The molecule has 5 nitrogen and oxygen atoms in total. The van der Waals surface area contributed by atoms with E-state index in [1.165, 1.54) is 11.6 Å². The Labute approximate surface area is 153 Å². The molecular formula is C21H24O5. The number of carboxylic acids is 1. The van der Waals surface area contributed by atoms with Crippen LogP contribution in [0, 0.1) is 20.8 Å². The second kappa shape index (κ2) is 8.94. The maximum Gasteiger partial charge on any atom is 0.328 e. The lowest BCUT2D eigenvalue weighted by atomic mass is 10.1. The molecule has 0 atom stereocenters. The Morgan fingerprint density at radius 3 is 2.50 bits per heavy atom. The van der Waals surface area contributed by atoms with E-state index in [0.29, 0.717) is 30.3 Å². The lowest BCUT2D eigenvalue weighted by molar-refractivity contribution is -0.131. The minimum Gasteiger partial charge on any atom is -0.493 e. The molecule has 2 aromatic rings. The molecule has 0 spiro atoms. The molecule has 0 unspecified atom stereocenters. The van der Waals surface area contributed by atoms with Crippen molar-refractivity contribution >= 4 is 12.0 Å². The van der Waals surface area contributed by atoms with Crippen molar-refractivity contribution in [3.63, 3.8) is 0 Å². The molecule has 2 aromatic carbocycles. The van der Waals surface area contributed by atoms with Gasteiger partial charge in [-0.3, -0.25) is 0 Å². The van der Waals surface area contributed by atoms with Crippen LogP contribution in [0.4, 0.5) is 0 Å². The summed E-state index contributed by atoms with van der Waals surface area (Å²) in [7, 11) is 1.54. The van der Waals surface area contributed by atoms with E-state index in [1.54, 1.807) is 25.3 Å². The summed E-state index contributed by atoms with van der Waals surface area (Å²) in [4.78, 5) is 10.8. The van der Waals surface area contributed by atoms with Gasteiger partial charge >= 0.3 is 5.97 Å². The largest absolute Gasteiger partial charge is 0.493 e. The molecule has 0 aliphatic rings. The summed E-state index contributed by atoms with van der Waals surface area (Å²) < 4.78 is 17.0. The highest BCUT2D eigenvalue weighted by atomic mass is 16.5. The average Bonchev–Trinajstić information content (AvgIpc) is 2.60. The number of carboxylic acid groups (broad SMARTS) is 1. The van der Waals surface area contributed by atoms with Crippen LogP contribution in [-0.4, -0.2) is 31.4 Å². The summed E-state index contributed by atoms with van der Waals surface area (Å²) in [6.45, 7) is 6.79. The lowest BCUT2D eigenvalue weighted by Gasteiger charge is -2.15. The van der Waals surface area contributed by atoms with Crippen LogP contribution in [0.2, 0.25) is 0 Å². The first-order chi connectivity index (χ1) is 12.4. The van der Waals surface area contributed by atoms with Gasteiger partial charge in [0.15, 0.2) is 11.5 Å². The molecule has 0 heterocycles. The number of hydrogen-bond donors (Lipinski definition) is 1. The summed E-state index contributed by atoms with van der Waals surface area (Å²) in [5.74, 6) is 0.859. The molecular weight excluding hydrogens is 332 g/mol. The van der Waals surface area contributed by atoms with Gasteiger partial charge in [0, 0.05) is 11.6 Å². The van der Waals surface area contributed by atoms with E-state index < -0.39 is 5.97 Å². The Morgan fingerprint density at radius 2 is 1.81 bits per heavy atom. The molecule has 0 saturated heterocycles. The fourth-order valence-electron chi connectivity index (χ4n) is 2.59. The molecule has 0 radical (unpaired) electrons. The van der Waals surface area contributed by atoms with Crippen LogP contribution in [0.15, 0.2) is 36.4 Å².